The molecule has 0 unspecified atom stereocenters. The van der Waals surface area contributed by atoms with Crippen LogP contribution in [0.2, 0.25) is 5.02 Å². The zero-order valence-corrected chi connectivity index (χ0v) is 16.4. The highest BCUT2D eigenvalue weighted by atomic mass is 35.5. The number of benzene rings is 2. The van der Waals surface area contributed by atoms with Crippen LogP contribution in [0, 0.1) is 5.82 Å². The second-order valence-corrected chi connectivity index (χ2v) is 7.11. The summed E-state index contributed by atoms with van der Waals surface area (Å²) in [5, 5.41) is 0.0162. The van der Waals surface area contributed by atoms with Gasteiger partial charge in [0.1, 0.15) is 5.82 Å². The molecule has 0 aliphatic carbocycles. The Morgan fingerprint density at radius 2 is 1.63 bits per heavy atom. The van der Waals surface area contributed by atoms with Crippen LogP contribution < -0.4 is 0 Å². The zero-order chi connectivity index (χ0) is 21.9. The van der Waals surface area contributed by atoms with E-state index >= 15 is 0 Å². The molecule has 1 aliphatic heterocycles. The van der Waals surface area contributed by atoms with E-state index in [2.05, 4.69) is 0 Å². The quantitative estimate of drug-likeness (QED) is 0.521. The van der Waals surface area contributed by atoms with Crippen molar-refractivity contribution < 1.29 is 27.2 Å². The van der Waals surface area contributed by atoms with E-state index in [0.29, 0.717) is 0 Å². The van der Waals surface area contributed by atoms with Gasteiger partial charge in [-0.25, -0.2) is 4.39 Å². The average Bonchev–Trinajstić information content (AvgIpc) is 2.71. The lowest BCUT2D eigenvalue weighted by Gasteiger charge is -2.34. The van der Waals surface area contributed by atoms with Crippen LogP contribution in [-0.2, 0) is 11.0 Å². The molecule has 1 aliphatic rings. The molecule has 0 saturated carbocycles. The number of nitrogens with zero attached hydrogens (tertiary/aromatic N) is 2. The van der Waals surface area contributed by atoms with Gasteiger partial charge in [0.05, 0.1) is 16.1 Å². The number of rotatable bonds is 3. The highest BCUT2D eigenvalue weighted by Crippen LogP contribution is 2.29. The van der Waals surface area contributed by atoms with Gasteiger partial charge < -0.3 is 9.80 Å². The van der Waals surface area contributed by atoms with Gasteiger partial charge in [-0.05, 0) is 42.0 Å². The molecule has 0 bridgehead atoms. The van der Waals surface area contributed by atoms with Gasteiger partial charge in [-0.3, -0.25) is 9.59 Å². The van der Waals surface area contributed by atoms with Gasteiger partial charge in [-0.1, -0.05) is 23.7 Å². The first-order chi connectivity index (χ1) is 14.1. The molecule has 158 valence electrons. The van der Waals surface area contributed by atoms with E-state index in [-0.39, 0.29) is 54.1 Å². The molecule has 3 rings (SSSR count). The topological polar surface area (TPSA) is 40.6 Å². The van der Waals surface area contributed by atoms with Gasteiger partial charge >= 0.3 is 6.18 Å². The Morgan fingerprint density at radius 3 is 2.27 bits per heavy atom. The first kappa shape index (κ1) is 21.8. The van der Waals surface area contributed by atoms with E-state index in [0.717, 1.165) is 24.3 Å². The minimum absolute atomic E-state index is 0.0162. The maximum absolute atomic E-state index is 13.2. The van der Waals surface area contributed by atoms with Gasteiger partial charge in [0, 0.05) is 32.3 Å². The lowest BCUT2D eigenvalue weighted by Crippen LogP contribution is -2.50. The Labute approximate surface area is 175 Å². The van der Waals surface area contributed by atoms with E-state index in [4.69, 9.17) is 11.6 Å². The van der Waals surface area contributed by atoms with Gasteiger partial charge in [0.2, 0.25) is 5.91 Å². The Balaban J connectivity index is 1.59. The third kappa shape index (κ3) is 5.18. The van der Waals surface area contributed by atoms with Crippen molar-refractivity contribution in [2.45, 2.75) is 6.18 Å². The second kappa shape index (κ2) is 8.87. The first-order valence-electron chi connectivity index (χ1n) is 9.04. The molecule has 2 aromatic carbocycles. The fourth-order valence-corrected chi connectivity index (χ4v) is 3.30. The number of piperazine rings is 1. The van der Waals surface area contributed by atoms with Gasteiger partial charge in [-0.2, -0.15) is 13.2 Å². The van der Waals surface area contributed by atoms with Crippen LogP contribution in [0.3, 0.4) is 0 Å². The highest BCUT2D eigenvalue weighted by Gasteiger charge is 2.30. The summed E-state index contributed by atoms with van der Waals surface area (Å²) in [6.07, 6.45) is -1.92. The molecule has 1 heterocycles. The fraction of sp³-hybridized carbons (Fsp3) is 0.238. The lowest BCUT2D eigenvalue weighted by molar-refractivity contribution is -0.137. The molecule has 9 heteroatoms. The summed E-state index contributed by atoms with van der Waals surface area (Å²) in [4.78, 5) is 27.9. The van der Waals surface area contributed by atoms with E-state index < -0.39 is 17.6 Å². The average molecular weight is 441 g/mol. The SMILES string of the molecule is O=C(/C=C/c1cccc(C(F)(F)F)c1)N1CCN(C(=O)c2ccc(F)cc2Cl)CC1. The number of hydrogen-bond donors (Lipinski definition) is 0. The molecule has 0 N–H and O–H groups in total. The molecule has 0 radical (unpaired) electrons. The Kier molecular flexibility index (Phi) is 6.45. The normalized spacial score (nSPS) is 15.0. The summed E-state index contributed by atoms with van der Waals surface area (Å²) < 4.78 is 51.5. The number of carbonyl (C=O) groups excluding carboxylic acids is 2. The number of halogens is 5. The number of hydrogen-bond acceptors (Lipinski definition) is 2. The fourth-order valence-electron chi connectivity index (χ4n) is 3.05. The number of carbonyl (C=O) groups is 2. The second-order valence-electron chi connectivity index (χ2n) is 6.70. The van der Waals surface area contributed by atoms with Crippen molar-refractivity contribution in [3.05, 3.63) is 76.1 Å². The Hall–Kier alpha value is -2.87. The predicted octanol–water partition coefficient (Wildman–Crippen LogP) is 4.50. The van der Waals surface area contributed by atoms with E-state index in [1.807, 2.05) is 0 Å². The summed E-state index contributed by atoms with van der Waals surface area (Å²) in [5.41, 5.74) is -0.344. The molecule has 0 spiro atoms. The first-order valence-corrected chi connectivity index (χ1v) is 9.41. The molecule has 2 aromatic rings. The predicted molar refractivity (Wildman–Crippen MR) is 104 cm³/mol. The summed E-state index contributed by atoms with van der Waals surface area (Å²) in [6, 6.07) is 8.20. The largest absolute Gasteiger partial charge is 0.416 e. The van der Waals surface area contributed by atoms with E-state index in [9.17, 15) is 27.2 Å². The van der Waals surface area contributed by atoms with Crippen molar-refractivity contribution in [1.82, 2.24) is 9.80 Å². The monoisotopic (exact) mass is 440 g/mol. The van der Waals surface area contributed by atoms with Crippen LogP contribution in [0.15, 0.2) is 48.5 Å². The van der Waals surface area contributed by atoms with Crippen LogP contribution in [-0.4, -0.2) is 47.8 Å². The summed E-state index contributed by atoms with van der Waals surface area (Å²) in [7, 11) is 0. The maximum atomic E-state index is 13.2. The Bertz CT molecular complexity index is 983. The summed E-state index contributed by atoms with van der Waals surface area (Å²) in [6.45, 7) is 1.04. The molecule has 0 aromatic heterocycles. The van der Waals surface area contributed by atoms with Crippen molar-refractivity contribution in [2.24, 2.45) is 0 Å². The maximum Gasteiger partial charge on any atom is 0.416 e. The van der Waals surface area contributed by atoms with Crippen LogP contribution in [0.5, 0.6) is 0 Å². The standard InChI is InChI=1S/C21H17ClF4N2O2/c22-18-13-16(23)5-6-17(18)20(30)28-10-8-27(9-11-28)19(29)7-4-14-2-1-3-15(12-14)21(24,25)26/h1-7,12-13H,8-11H2/b7-4+. The smallest absolute Gasteiger partial charge is 0.336 e. The van der Waals surface area contributed by atoms with Gasteiger partial charge in [0.15, 0.2) is 0 Å². The van der Waals surface area contributed by atoms with Crippen LogP contribution >= 0.6 is 11.6 Å². The van der Waals surface area contributed by atoms with Crippen LogP contribution in [0.25, 0.3) is 6.08 Å². The molecular formula is C21H17ClF4N2O2. The van der Waals surface area contributed by atoms with Crippen molar-refractivity contribution in [3.8, 4) is 0 Å². The summed E-state index contributed by atoms with van der Waals surface area (Å²) in [5.74, 6) is -1.26. The molecule has 0 atom stereocenters. The number of amides is 2. The lowest BCUT2D eigenvalue weighted by atomic mass is 10.1. The summed E-state index contributed by atoms with van der Waals surface area (Å²) >= 11 is 5.93. The highest BCUT2D eigenvalue weighted by molar-refractivity contribution is 6.33. The minimum atomic E-state index is -4.45. The molecule has 2 amide bonds. The zero-order valence-electron chi connectivity index (χ0n) is 15.6. The molecule has 1 fully saturated rings. The van der Waals surface area contributed by atoms with Gasteiger partial charge in [0.25, 0.3) is 5.91 Å². The van der Waals surface area contributed by atoms with Crippen molar-refractivity contribution >= 4 is 29.5 Å². The van der Waals surface area contributed by atoms with E-state index in [1.165, 1.54) is 40.2 Å². The molecule has 4 nitrogen and oxygen atoms in total. The van der Waals surface area contributed by atoms with Crippen molar-refractivity contribution in [1.29, 1.82) is 0 Å². The number of alkyl halides is 3. The van der Waals surface area contributed by atoms with Gasteiger partial charge in [-0.15, -0.1) is 0 Å². The minimum Gasteiger partial charge on any atom is -0.336 e. The molecule has 30 heavy (non-hydrogen) atoms. The Morgan fingerprint density at radius 1 is 0.967 bits per heavy atom. The molecular weight excluding hydrogens is 424 g/mol. The van der Waals surface area contributed by atoms with Crippen LogP contribution in [0.4, 0.5) is 17.6 Å². The van der Waals surface area contributed by atoms with Crippen LogP contribution in [0.1, 0.15) is 21.5 Å². The molecule has 1 saturated heterocycles. The van der Waals surface area contributed by atoms with Crippen molar-refractivity contribution in [2.75, 3.05) is 26.2 Å². The third-order valence-electron chi connectivity index (χ3n) is 4.67. The third-order valence-corrected chi connectivity index (χ3v) is 4.99. The van der Waals surface area contributed by atoms with E-state index in [1.54, 1.807) is 0 Å². The van der Waals surface area contributed by atoms with Crippen molar-refractivity contribution in [3.63, 3.8) is 0 Å².